The molecule has 4 aromatic rings. The van der Waals surface area contributed by atoms with Gasteiger partial charge in [0.05, 0.1) is 0 Å². The van der Waals surface area contributed by atoms with Crippen LogP contribution in [0.15, 0.2) is 71.8 Å². The van der Waals surface area contributed by atoms with E-state index in [1.165, 1.54) is 89.0 Å². The standard InChI is InChI=1S/C20H21.C19H19.C4H11Si.2ClH.Zr/c1-5-16-11-19-15(4)6-7-18(20(19)12-16)17-9-13(2)8-14(3)10-17;1-12-7-13(2)9-16(8-12)17-6-5-15(4)18-10-14(3)11-19(17)18;1-3-5-4-2;;;/h6-12H,5H2,1-4H3;5-11H,1-4H3;5H,3-4H2,1-2H3;2*1H;/q;;;;;+2/p-2. The molecule has 0 radical (unpaired) electrons. The van der Waals surface area contributed by atoms with Gasteiger partial charge in [-0.25, -0.2) is 0 Å². The number of fused-ring (bicyclic) bond motifs is 2. The van der Waals surface area contributed by atoms with Crippen molar-refractivity contribution < 1.29 is 15.6 Å². The van der Waals surface area contributed by atoms with Crippen molar-refractivity contribution in [3.8, 4) is 22.3 Å². The molecule has 245 valence electrons. The maximum atomic E-state index is 8.89. The normalized spacial score (nSPS) is 18.1. The Balaban J connectivity index is 1.66. The third kappa shape index (κ3) is 5.59. The van der Waals surface area contributed by atoms with E-state index in [-0.39, 0.29) is 7.25 Å². The van der Waals surface area contributed by atoms with Crippen LogP contribution >= 0.6 is 17.0 Å². The van der Waals surface area contributed by atoms with Crippen LogP contribution in [-0.2, 0) is 15.6 Å². The van der Waals surface area contributed by atoms with Crippen LogP contribution in [0.4, 0.5) is 0 Å². The third-order valence-corrected chi connectivity index (χ3v) is 61.4. The van der Waals surface area contributed by atoms with Crippen molar-refractivity contribution in [1.82, 2.24) is 0 Å². The summed E-state index contributed by atoms with van der Waals surface area (Å²) in [5, 5.41) is 0. The average molecular weight is 758 g/mol. The Morgan fingerprint density at radius 2 is 1.00 bits per heavy atom. The fraction of sp³-hybridized carbons (Fsp3) is 0.349. The summed E-state index contributed by atoms with van der Waals surface area (Å²) in [4.78, 5) is 0. The maximum absolute atomic E-state index is 8.89. The Hall–Kier alpha value is -1.96. The Morgan fingerprint density at radius 1 is 0.574 bits per heavy atom. The summed E-state index contributed by atoms with van der Waals surface area (Å²) in [6.45, 7) is 22.8. The second kappa shape index (κ2) is 12.7. The molecule has 4 heteroatoms. The first-order chi connectivity index (χ1) is 22.2. The Morgan fingerprint density at radius 3 is 1.43 bits per heavy atom. The van der Waals surface area contributed by atoms with Crippen molar-refractivity contribution in [2.75, 3.05) is 0 Å². The van der Waals surface area contributed by atoms with Crippen LogP contribution < -0.4 is 0 Å². The monoisotopic (exact) mass is 755 g/mol. The Kier molecular flexibility index (Phi) is 9.45. The molecule has 0 fully saturated rings. The van der Waals surface area contributed by atoms with Crippen molar-refractivity contribution in [1.29, 1.82) is 0 Å². The van der Waals surface area contributed by atoms with Gasteiger partial charge in [0.15, 0.2) is 0 Å². The number of allylic oxidation sites excluding steroid dienone is 2. The second-order valence-electron chi connectivity index (χ2n) is 14.8. The SMILES string of the molecule is CCC1=Cc2c(-c3cc(C)cc(C)c3)ccc(C)c2[CH]1[Zr]([Cl])([Cl])([CH]1C(C)=Cc2c(-c3cc(C)cc(C)c3)ccc(C)c21)[SiH](CC)CC. The molecule has 2 unspecified atom stereocenters. The number of rotatable bonds is 8. The molecule has 0 bridgehead atoms. The van der Waals surface area contributed by atoms with Crippen LogP contribution in [0.1, 0.15) is 97.0 Å². The average Bonchev–Trinajstić information content (AvgIpc) is 3.58. The van der Waals surface area contributed by atoms with Gasteiger partial charge >= 0.3 is 295 Å². The summed E-state index contributed by atoms with van der Waals surface area (Å²) in [7, 11) is 17.8. The van der Waals surface area contributed by atoms with Gasteiger partial charge in [0.1, 0.15) is 0 Å². The van der Waals surface area contributed by atoms with Crippen LogP contribution in [-0.4, -0.2) is 5.92 Å². The second-order valence-corrected chi connectivity index (χ2v) is 55.6. The molecule has 2 aliphatic rings. The van der Waals surface area contributed by atoms with Crippen LogP contribution in [0.25, 0.3) is 34.4 Å². The summed E-state index contributed by atoms with van der Waals surface area (Å²) in [5.74, 6) is -1.65. The quantitative estimate of drug-likeness (QED) is 0.157. The molecule has 0 saturated heterocycles. The van der Waals surface area contributed by atoms with E-state index in [1.54, 1.807) is 0 Å². The summed E-state index contributed by atoms with van der Waals surface area (Å²) >= 11 is -4.92. The van der Waals surface area contributed by atoms with Crippen molar-refractivity contribution >= 4 is 35.1 Å². The van der Waals surface area contributed by atoms with Crippen molar-refractivity contribution in [3.63, 3.8) is 0 Å². The van der Waals surface area contributed by atoms with Gasteiger partial charge in [-0.3, -0.25) is 0 Å². The summed E-state index contributed by atoms with van der Waals surface area (Å²) in [6.07, 6.45) is 5.95. The zero-order valence-corrected chi connectivity index (χ0v) is 35.2. The predicted octanol–water partition coefficient (Wildman–Crippen LogP) is 13.6. The van der Waals surface area contributed by atoms with E-state index in [4.69, 9.17) is 17.0 Å². The number of hydrogen-bond donors (Lipinski definition) is 0. The number of benzene rings is 4. The fourth-order valence-electron chi connectivity index (χ4n) is 9.68. The van der Waals surface area contributed by atoms with E-state index < -0.39 is 21.5 Å². The molecule has 2 aliphatic carbocycles. The first-order valence-corrected chi connectivity index (χ1v) is 33.3. The first-order valence-electron chi connectivity index (χ1n) is 17.6. The molecule has 0 saturated carbocycles. The van der Waals surface area contributed by atoms with E-state index in [0.717, 1.165) is 18.5 Å². The first kappa shape index (κ1) is 34.9. The van der Waals surface area contributed by atoms with Crippen LogP contribution in [0.2, 0.25) is 12.1 Å². The summed E-state index contributed by atoms with van der Waals surface area (Å²) in [5.41, 5.74) is 21.4. The van der Waals surface area contributed by atoms with Gasteiger partial charge in [-0.15, -0.1) is 0 Å². The van der Waals surface area contributed by atoms with Crippen LogP contribution in [0.5, 0.6) is 0 Å². The van der Waals surface area contributed by atoms with E-state index in [9.17, 15) is 0 Å². The zero-order chi connectivity index (χ0) is 34.0. The van der Waals surface area contributed by atoms with Crippen molar-refractivity contribution in [3.05, 3.63) is 127 Å². The number of aryl methyl sites for hydroxylation is 6. The molecule has 0 heterocycles. The zero-order valence-electron chi connectivity index (χ0n) is 30.0. The van der Waals surface area contributed by atoms with Crippen molar-refractivity contribution in [2.24, 2.45) is 0 Å². The number of hydrogen-bond acceptors (Lipinski definition) is 0. The molecule has 6 rings (SSSR count). The molecular weight excluding hydrogens is 707 g/mol. The van der Waals surface area contributed by atoms with Gasteiger partial charge in [-0.2, -0.15) is 0 Å². The molecule has 0 nitrogen and oxygen atoms in total. The minimum absolute atomic E-state index is 0.104. The van der Waals surface area contributed by atoms with Gasteiger partial charge in [-0.05, 0) is 0 Å². The van der Waals surface area contributed by atoms with E-state index in [2.05, 4.69) is 142 Å². The minimum atomic E-state index is -4.92. The molecule has 4 aromatic carbocycles. The van der Waals surface area contributed by atoms with Crippen LogP contribution in [0.3, 0.4) is 0 Å². The van der Waals surface area contributed by atoms with Gasteiger partial charge < -0.3 is 0 Å². The molecule has 0 aromatic heterocycles. The topological polar surface area (TPSA) is 0 Å². The van der Waals surface area contributed by atoms with Crippen molar-refractivity contribution in [2.45, 2.75) is 95.0 Å². The van der Waals surface area contributed by atoms with E-state index in [0.29, 0.717) is 0 Å². The van der Waals surface area contributed by atoms with E-state index >= 15 is 0 Å². The Bertz CT molecular complexity index is 1940. The van der Waals surface area contributed by atoms with E-state index in [1.807, 2.05) is 0 Å². The molecule has 0 N–H and O–H groups in total. The van der Waals surface area contributed by atoms with Gasteiger partial charge in [0.2, 0.25) is 0 Å². The fourth-order valence-corrected chi connectivity index (χ4v) is 63.4. The number of halogens is 2. The predicted molar refractivity (Wildman–Crippen MR) is 209 cm³/mol. The van der Waals surface area contributed by atoms with Gasteiger partial charge in [0, 0.05) is 0 Å². The molecule has 47 heavy (non-hydrogen) atoms. The van der Waals surface area contributed by atoms with Gasteiger partial charge in [0.25, 0.3) is 0 Å². The summed E-state index contributed by atoms with van der Waals surface area (Å²) in [6, 6.07) is 25.5. The van der Waals surface area contributed by atoms with Crippen LogP contribution in [0, 0.1) is 41.5 Å². The molecule has 0 amide bonds. The molecule has 2 atom stereocenters. The Labute approximate surface area is 293 Å². The molecule has 0 spiro atoms. The third-order valence-electron chi connectivity index (χ3n) is 11.5. The summed E-state index contributed by atoms with van der Waals surface area (Å²) < 4.78 is 0.220. The van der Waals surface area contributed by atoms with Gasteiger partial charge in [-0.1, -0.05) is 0 Å². The molecular formula is C43H51Cl2SiZr. The molecule has 0 aliphatic heterocycles.